The van der Waals surface area contributed by atoms with Gasteiger partial charge in [0, 0.05) is 50.6 Å². The summed E-state index contributed by atoms with van der Waals surface area (Å²) in [4.78, 5) is 16.9. The lowest BCUT2D eigenvalue weighted by Crippen LogP contribution is -2.48. The Balaban J connectivity index is 1.62. The first-order valence-corrected chi connectivity index (χ1v) is 9.31. The zero-order chi connectivity index (χ0) is 16.4. The Bertz CT molecular complexity index is 512. The summed E-state index contributed by atoms with van der Waals surface area (Å²) >= 11 is 1.54. The maximum absolute atomic E-state index is 12.5. The second-order valence-electron chi connectivity index (χ2n) is 6.90. The SMILES string of the molecule is C[C@@H]1CN(C[C@@H]2CN(C(=O)c3ccsc3)C[C@@H]2CO)C[C@H](C)O1. The van der Waals surface area contributed by atoms with Gasteiger partial charge in [-0.05, 0) is 31.2 Å². The van der Waals surface area contributed by atoms with Gasteiger partial charge in [-0.2, -0.15) is 11.3 Å². The summed E-state index contributed by atoms with van der Waals surface area (Å²) in [6.07, 6.45) is 0.493. The minimum atomic E-state index is 0.0934. The lowest BCUT2D eigenvalue weighted by Gasteiger charge is -2.37. The van der Waals surface area contributed by atoms with Crippen molar-refractivity contribution < 1.29 is 14.6 Å². The van der Waals surface area contributed by atoms with Crippen molar-refractivity contribution in [2.75, 3.05) is 39.3 Å². The molecule has 2 fully saturated rings. The summed E-state index contributed by atoms with van der Waals surface area (Å²) < 4.78 is 5.79. The van der Waals surface area contributed by atoms with Gasteiger partial charge >= 0.3 is 0 Å². The molecular weight excluding hydrogens is 312 g/mol. The number of aliphatic hydroxyl groups excluding tert-OH is 1. The molecule has 0 radical (unpaired) electrons. The monoisotopic (exact) mass is 338 g/mol. The van der Waals surface area contributed by atoms with E-state index in [0.717, 1.165) is 31.7 Å². The molecule has 23 heavy (non-hydrogen) atoms. The third-order valence-electron chi connectivity index (χ3n) is 4.85. The number of carbonyl (C=O) groups excluding carboxylic acids is 1. The molecule has 128 valence electrons. The number of morpholine rings is 1. The summed E-state index contributed by atoms with van der Waals surface area (Å²) in [6, 6.07) is 1.87. The Morgan fingerprint density at radius 1 is 1.26 bits per heavy atom. The van der Waals surface area contributed by atoms with Gasteiger partial charge in [0.2, 0.25) is 0 Å². The van der Waals surface area contributed by atoms with E-state index in [4.69, 9.17) is 4.74 Å². The fraction of sp³-hybridized carbons (Fsp3) is 0.706. The third kappa shape index (κ3) is 3.94. The Morgan fingerprint density at radius 2 is 1.96 bits per heavy atom. The van der Waals surface area contributed by atoms with Crippen LogP contribution < -0.4 is 0 Å². The third-order valence-corrected chi connectivity index (χ3v) is 5.54. The molecule has 0 aliphatic carbocycles. The molecule has 5 nitrogen and oxygen atoms in total. The summed E-state index contributed by atoms with van der Waals surface area (Å²) in [5.41, 5.74) is 0.765. The number of aliphatic hydroxyl groups is 1. The molecule has 3 heterocycles. The van der Waals surface area contributed by atoms with Gasteiger partial charge in [0.1, 0.15) is 0 Å². The molecule has 1 aromatic heterocycles. The van der Waals surface area contributed by atoms with Crippen LogP contribution in [0.25, 0.3) is 0 Å². The molecule has 6 heteroatoms. The van der Waals surface area contributed by atoms with Crippen molar-refractivity contribution in [3.63, 3.8) is 0 Å². The maximum atomic E-state index is 12.5. The van der Waals surface area contributed by atoms with Crippen LogP contribution in [0.4, 0.5) is 0 Å². The number of rotatable bonds is 4. The van der Waals surface area contributed by atoms with Crippen LogP contribution in [0.15, 0.2) is 16.8 Å². The fourth-order valence-electron chi connectivity index (χ4n) is 3.85. The second-order valence-corrected chi connectivity index (χ2v) is 7.68. The normalized spacial score (nSPS) is 32.4. The van der Waals surface area contributed by atoms with E-state index in [9.17, 15) is 9.90 Å². The number of likely N-dealkylation sites (tertiary alicyclic amines) is 1. The van der Waals surface area contributed by atoms with E-state index in [1.54, 1.807) is 11.3 Å². The number of amides is 1. The number of nitrogens with zero attached hydrogens (tertiary/aromatic N) is 2. The molecule has 0 saturated carbocycles. The van der Waals surface area contributed by atoms with Gasteiger partial charge in [0.05, 0.1) is 17.8 Å². The van der Waals surface area contributed by atoms with Crippen LogP contribution in [0, 0.1) is 11.8 Å². The number of carbonyl (C=O) groups is 1. The highest BCUT2D eigenvalue weighted by molar-refractivity contribution is 7.08. The molecule has 0 bridgehead atoms. The van der Waals surface area contributed by atoms with Crippen molar-refractivity contribution in [1.82, 2.24) is 9.80 Å². The van der Waals surface area contributed by atoms with Crippen molar-refractivity contribution in [2.45, 2.75) is 26.1 Å². The fourth-order valence-corrected chi connectivity index (χ4v) is 4.48. The second kappa shape index (κ2) is 7.30. The molecule has 2 aliphatic rings. The molecule has 1 aromatic rings. The lowest BCUT2D eigenvalue weighted by molar-refractivity contribution is -0.0726. The molecule has 1 amide bonds. The zero-order valence-electron chi connectivity index (χ0n) is 13.9. The number of thiophene rings is 1. The highest BCUT2D eigenvalue weighted by atomic mass is 32.1. The molecule has 2 aliphatic heterocycles. The van der Waals surface area contributed by atoms with E-state index in [1.165, 1.54) is 0 Å². The van der Waals surface area contributed by atoms with Gasteiger partial charge in [-0.25, -0.2) is 0 Å². The smallest absolute Gasteiger partial charge is 0.254 e. The number of ether oxygens (including phenoxy) is 1. The molecule has 2 saturated heterocycles. The van der Waals surface area contributed by atoms with Crippen LogP contribution in [0.5, 0.6) is 0 Å². The highest BCUT2D eigenvalue weighted by Gasteiger charge is 2.37. The Labute approximate surface area is 141 Å². The average Bonchev–Trinajstić information content (AvgIpc) is 3.14. The lowest BCUT2D eigenvalue weighted by atomic mass is 9.96. The summed E-state index contributed by atoms with van der Waals surface area (Å²) in [5, 5.41) is 13.6. The molecule has 0 spiro atoms. The van der Waals surface area contributed by atoms with Gasteiger partial charge in [-0.1, -0.05) is 0 Å². The largest absolute Gasteiger partial charge is 0.396 e. The first-order chi connectivity index (χ1) is 11.1. The molecule has 4 atom stereocenters. The molecular formula is C17H26N2O3S. The van der Waals surface area contributed by atoms with E-state index in [-0.39, 0.29) is 30.6 Å². The van der Waals surface area contributed by atoms with Gasteiger partial charge in [-0.15, -0.1) is 0 Å². The predicted molar refractivity (Wildman–Crippen MR) is 90.7 cm³/mol. The number of hydrogen-bond acceptors (Lipinski definition) is 5. The van der Waals surface area contributed by atoms with Gasteiger partial charge in [0.15, 0.2) is 0 Å². The molecule has 0 aromatic carbocycles. The topological polar surface area (TPSA) is 53.0 Å². The first-order valence-electron chi connectivity index (χ1n) is 8.37. The van der Waals surface area contributed by atoms with Crippen LogP contribution in [0.1, 0.15) is 24.2 Å². The van der Waals surface area contributed by atoms with Crippen LogP contribution in [-0.2, 0) is 4.74 Å². The van der Waals surface area contributed by atoms with Gasteiger partial charge in [0.25, 0.3) is 5.91 Å². The van der Waals surface area contributed by atoms with Crippen molar-refractivity contribution in [2.24, 2.45) is 11.8 Å². The predicted octanol–water partition coefficient (Wildman–Crippen LogP) is 1.54. The minimum Gasteiger partial charge on any atom is -0.396 e. The first kappa shape index (κ1) is 16.9. The van der Waals surface area contributed by atoms with Crippen LogP contribution in [0.2, 0.25) is 0 Å². The minimum absolute atomic E-state index is 0.0934. The standard InChI is InChI=1S/C17H26N2O3S/c1-12-5-18(6-13(2)22-12)7-15-8-19(9-16(15)10-20)17(21)14-3-4-23-11-14/h3-4,11-13,15-16,20H,5-10H2,1-2H3/t12-,13+,15-,16-/m1/s1. The Hall–Kier alpha value is -0.950. The van der Waals surface area contributed by atoms with E-state index in [0.29, 0.717) is 12.5 Å². The van der Waals surface area contributed by atoms with Gasteiger partial charge in [-0.3, -0.25) is 9.69 Å². The van der Waals surface area contributed by atoms with E-state index in [1.807, 2.05) is 21.7 Å². The summed E-state index contributed by atoms with van der Waals surface area (Å²) in [7, 11) is 0. The van der Waals surface area contributed by atoms with E-state index >= 15 is 0 Å². The zero-order valence-corrected chi connectivity index (χ0v) is 14.7. The van der Waals surface area contributed by atoms with Crippen molar-refractivity contribution in [3.8, 4) is 0 Å². The highest BCUT2D eigenvalue weighted by Crippen LogP contribution is 2.27. The van der Waals surface area contributed by atoms with Crippen LogP contribution in [-0.4, -0.2) is 72.4 Å². The van der Waals surface area contributed by atoms with Crippen molar-refractivity contribution >= 4 is 17.2 Å². The van der Waals surface area contributed by atoms with Crippen LogP contribution >= 0.6 is 11.3 Å². The Morgan fingerprint density at radius 3 is 2.57 bits per heavy atom. The Kier molecular flexibility index (Phi) is 5.36. The quantitative estimate of drug-likeness (QED) is 0.905. The van der Waals surface area contributed by atoms with Crippen molar-refractivity contribution in [3.05, 3.63) is 22.4 Å². The molecule has 1 N–H and O–H groups in total. The summed E-state index contributed by atoms with van der Waals surface area (Å²) in [6.45, 7) is 8.53. The van der Waals surface area contributed by atoms with E-state index < -0.39 is 0 Å². The molecule has 3 rings (SSSR count). The average molecular weight is 338 g/mol. The molecule has 0 unspecified atom stereocenters. The van der Waals surface area contributed by atoms with Gasteiger partial charge < -0.3 is 14.7 Å². The van der Waals surface area contributed by atoms with Crippen LogP contribution in [0.3, 0.4) is 0 Å². The van der Waals surface area contributed by atoms with E-state index in [2.05, 4.69) is 18.7 Å². The summed E-state index contributed by atoms with van der Waals surface area (Å²) in [5.74, 6) is 0.599. The van der Waals surface area contributed by atoms with Crippen molar-refractivity contribution in [1.29, 1.82) is 0 Å². The number of hydrogen-bond donors (Lipinski definition) is 1. The maximum Gasteiger partial charge on any atom is 0.254 e.